The van der Waals surface area contributed by atoms with Crippen molar-refractivity contribution < 1.29 is 44.1 Å². The van der Waals surface area contributed by atoms with Crippen molar-refractivity contribution in [1.29, 1.82) is 0 Å². The van der Waals surface area contributed by atoms with Crippen molar-refractivity contribution in [2.45, 2.75) is 121 Å². The second-order valence-electron chi connectivity index (χ2n) is 17.2. The van der Waals surface area contributed by atoms with Gasteiger partial charge in [-0.1, -0.05) is 88.3 Å². The lowest BCUT2D eigenvalue weighted by atomic mass is 9.93. The molecule has 64 heavy (non-hydrogen) atoms. The maximum atomic E-state index is 14.4. The van der Waals surface area contributed by atoms with Gasteiger partial charge in [-0.2, -0.15) is 0 Å². The molecule has 340 valence electrons. The van der Waals surface area contributed by atoms with Crippen molar-refractivity contribution in [2.75, 3.05) is 20.1 Å². The number of aliphatic carboxylic acids is 1. The van der Waals surface area contributed by atoms with E-state index in [9.17, 15) is 44.1 Å². The second-order valence-corrected chi connectivity index (χ2v) is 17.2. The predicted molar refractivity (Wildman–Crippen MR) is 244 cm³/mol. The summed E-state index contributed by atoms with van der Waals surface area (Å²) in [4.78, 5) is 83.4. The van der Waals surface area contributed by atoms with Crippen LogP contribution >= 0.6 is 0 Å². The van der Waals surface area contributed by atoms with Crippen LogP contribution in [0.3, 0.4) is 0 Å². The zero-order valence-electron chi connectivity index (χ0n) is 37.0. The molecule has 2 aliphatic rings. The predicted octanol–water partition coefficient (Wildman–Crippen LogP) is 6.54. The summed E-state index contributed by atoms with van der Waals surface area (Å²) in [7, 11) is 1.41. The van der Waals surface area contributed by atoms with E-state index in [2.05, 4.69) is 35.0 Å². The van der Waals surface area contributed by atoms with E-state index in [0.29, 0.717) is 30.5 Å². The molecular weight excluding hydrogens is 815 g/mol. The van der Waals surface area contributed by atoms with Crippen molar-refractivity contribution in [3.63, 3.8) is 0 Å². The fraction of sp³-hybridized carbons (Fsp3) is 0.440. The smallest absolute Gasteiger partial charge is 0.326 e. The number of nitrogens with one attached hydrogen (secondary N) is 3. The number of likely N-dealkylation sites (N-methyl/N-ethyl adjacent to an activating group) is 1. The first-order valence-electron chi connectivity index (χ1n) is 22.6. The fourth-order valence-corrected chi connectivity index (χ4v) is 8.77. The number of benzene rings is 4. The van der Waals surface area contributed by atoms with Gasteiger partial charge in [-0.15, -0.1) is 0 Å². The molecule has 6 rings (SSSR count). The Kier molecular flexibility index (Phi) is 16.0. The maximum Gasteiger partial charge on any atom is 0.326 e. The number of hydrogen-bond acceptors (Lipinski definition) is 8. The van der Waals surface area contributed by atoms with E-state index in [1.807, 2.05) is 18.2 Å². The molecule has 1 fully saturated rings. The van der Waals surface area contributed by atoms with Crippen LogP contribution in [0.4, 0.5) is 0 Å². The van der Waals surface area contributed by atoms with E-state index < -0.39 is 47.9 Å². The quantitative estimate of drug-likeness (QED) is 0.0675. The summed E-state index contributed by atoms with van der Waals surface area (Å²) in [6.07, 6.45) is 11.8. The molecule has 2 heterocycles. The molecular formula is C50H61N5O9. The molecule has 6 N–H and O–H groups in total. The number of carboxylic acids is 1. The topological polar surface area (TPSA) is 206 Å². The highest BCUT2D eigenvalue weighted by molar-refractivity contribution is 5.99. The van der Waals surface area contributed by atoms with Gasteiger partial charge in [0, 0.05) is 49.7 Å². The highest BCUT2D eigenvalue weighted by Gasteiger charge is 2.40. The molecule has 2 aliphatic heterocycles. The number of nitrogens with zero attached hydrogens (tertiary/aromatic N) is 2. The lowest BCUT2D eigenvalue weighted by Gasteiger charge is -2.33. The van der Waals surface area contributed by atoms with Crippen molar-refractivity contribution in [3.05, 3.63) is 95.1 Å². The van der Waals surface area contributed by atoms with Crippen molar-refractivity contribution >= 4 is 46.3 Å². The second kappa shape index (κ2) is 21.8. The average molecular weight is 876 g/mol. The van der Waals surface area contributed by atoms with Gasteiger partial charge in [0.25, 0.3) is 5.91 Å². The molecule has 0 saturated carbocycles. The molecule has 5 amide bonds. The number of phenolic OH excluding ortho intramolecular Hbond substituents is 2. The standard InChI is InChI=1S/C50H61N5O9/c1-4-5-6-7-8-9-10-11-13-32-15-17-35-29-37(19-18-34(35)26-32)47(60)51-24-23-44(58)55-25-12-14-41(55)49(62)54(3)45-36-20-22-43(57)39(30-36)38-27-33(16-21-42(38)56)28-40(50(63)64)53-46(59)31(2)52-48(45)61/h15-22,26-27,29-31,40-41,45,56-57H,4-14,23-25,28H2,1-3H3,(H,51,60)(H,52,61)(H,53,59)(H,63,64)/t31-,40-,41+,45-/m0/s1. The number of carbonyl (C=O) groups is 6. The van der Waals surface area contributed by atoms with Crippen LogP contribution in [0.25, 0.3) is 21.9 Å². The van der Waals surface area contributed by atoms with E-state index in [1.54, 1.807) is 6.07 Å². The third kappa shape index (κ3) is 11.6. The van der Waals surface area contributed by atoms with Crippen LogP contribution in [0.5, 0.6) is 11.5 Å². The van der Waals surface area contributed by atoms with Gasteiger partial charge in [-0.05, 0) is 96.5 Å². The first-order valence-corrected chi connectivity index (χ1v) is 22.6. The number of hydrogen-bond donors (Lipinski definition) is 6. The van der Waals surface area contributed by atoms with Crippen LogP contribution in [-0.4, -0.2) is 98.9 Å². The fourth-order valence-electron chi connectivity index (χ4n) is 8.77. The van der Waals surface area contributed by atoms with Crippen LogP contribution in [-0.2, 0) is 36.8 Å². The summed E-state index contributed by atoms with van der Waals surface area (Å²) >= 11 is 0. The van der Waals surface area contributed by atoms with Crippen LogP contribution in [0.1, 0.15) is 118 Å². The molecule has 0 aromatic heterocycles. The van der Waals surface area contributed by atoms with Gasteiger partial charge in [0.05, 0.1) is 0 Å². The van der Waals surface area contributed by atoms with Crippen molar-refractivity contribution in [2.24, 2.45) is 0 Å². The van der Waals surface area contributed by atoms with Crippen molar-refractivity contribution in [1.82, 2.24) is 25.8 Å². The Morgan fingerprint density at radius 2 is 1.47 bits per heavy atom. The molecule has 4 atom stereocenters. The maximum absolute atomic E-state index is 14.4. The Bertz CT molecular complexity index is 2370. The molecule has 4 aromatic rings. The van der Waals surface area contributed by atoms with Gasteiger partial charge in [0.2, 0.25) is 23.6 Å². The Hall–Kier alpha value is -6.44. The SMILES string of the molecule is CCCCCCCCCCc1ccc2cc(C(=O)NCCC(=O)N3CCC[C@@H]3C(=O)N(C)[C@@H]3C(=O)N[C@@H](C)C(=O)N[C@H](C(=O)O)Cc4ccc(O)c(c4)-c4cc3ccc4O)ccc2c1. The number of carbonyl (C=O) groups excluding carboxylic acids is 5. The van der Waals surface area contributed by atoms with E-state index in [4.69, 9.17) is 0 Å². The summed E-state index contributed by atoms with van der Waals surface area (Å²) in [6, 6.07) is 15.6. The van der Waals surface area contributed by atoms with Crippen LogP contribution < -0.4 is 16.0 Å². The minimum Gasteiger partial charge on any atom is -0.507 e. The average Bonchev–Trinajstić information content (AvgIpc) is 3.78. The number of aryl methyl sites for hydroxylation is 1. The third-order valence-electron chi connectivity index (χ3n) is 12.4. The number of carboxylic acid groups (broad SMARTS) is 1. The summed E-state index contributed by atoms with van der Waals surface area (Å²) in [6.45, 7) is 3.96. The molecule has 0 spiro atoms. The highest BCUT2D eigenvalue weighted by atomic mass is 16.4. The van der Waals surface area contributed by atoms with Gasteiger partial charge in [-0.25, -0.2) is 4.79 Å². The van der Waals surface area contributed by atoms with E-state index in [1.165, 1.54) is 111 Å². The molecule has 1 saturated heterocycles. The summed E-state index contributed by atoms with van der Waals surface area (Å²) < 4.78 is 0. The molecule has 14 nitrogen and oxygen atoms in total. The number of aromatic hydroxyl groups is 2. The summed E-state index contributed by atoms with van der Waals surface area (Å²) in [5.41, 5.74) is 2.71. The summed E-state index contributed by atoms with van der Waals surface area (Å²) in [5.74, 6) is -4.55. The van der Waals surface area contributed by atoms with Gasteiger partial charge in [0.15, 0.2) is 0 Å². The van der Waals surface area contributed by atoms with E-state index in [0.717, 1.165) is 23.6 Å². The molecule has 14 heteroatoms. The minimum absolute atomic E-state index is 0.0402. The third-order valence-corrected chi connectivity index (χ3v) is 12.4. The largest absolute Gasteiger partial charge is 0.507 e. The first-order chi connectivity index (χ1) is 30.7. The van der Waals surface area contributed by atoms with Crippen LogP contribution in [0.15, 0.2) is 72.8 Å². The molecule has 0 aliphatic carbocycles. The highest BCUT2D eigenvalue weighted by Crippen LogP contribution is 2.39. The van der Waals surface area contributed by atoms with Crippen LogP contribution in [0, 0.1) is 0 Å². The molecule has 4 aromatic carbocycles. The Balaban J connectivity index is 1.10. The first kappa shape index (κ1) is 47.0. The number of amides is 5. The van der Waals surface area contributed by atoms with Gasteiger partial charge in [0.1, 0.15) is 35.7 Å². The van der Waals surface area contributed by atoms with Gasteiger partial charge >= 0.3 is 5.97 Å². The number of likely N-dealkylation sites (tertiary alicyclic amines) is 1. The minimum atomic E-state index is -1.38. The molecule has 0 unspecified atom stereocenters. The van der Waals surface area contributed by atoms with Crippen molar-refractivity contribution in [3.8, 4) is 22.6 Å². The number of rotatable bonds is 16. The van der Waals surface area contributed by atoms with E-state index >= 15 is 0 Å². The Morgan fingerprint density at radius 3 is 2.20 bits per heavy atom. The zero-order valence-corrected chi connectivity index (χ0v) is 37.0. The number of fused-ring (bicyclic) bond motifs is 6. The normalized spacial score (nSPS) is 18.8. The lowest BCUT2D eigenvalue weighted by Crippen LogP contribution is -2.54. The number of phenols is 2. The van der Waals surface area contributed by atoms with Gasteiger partial charge < -0.3 is 41.1 Å². The molecule has 0 radical (unpaired) electrons. The molecule has 4 bridgehead atoms. The van der Waals surface area contributed by atoms with Gasteiger partial charge in [-0.3, -0.25) is 24.0 Å². The lowest BCUT2D eigenvalue weighted by molar-refractivity contribution is -0.147. The number of unbranched alkanes of at least 4 members (excludes halogenated alkanes) is 7. The Labute approximate surface area is 374 Å². The summed E-state index contributed by atoms with van der Waals surface area (Å²) in [5, 5.41) is 41.6. The zero-order chi connectivity index (χ0) is 45.9. The van der Waals surface area contributed by atoms with Crippen LogP contribution in [0.2, 0.25) is 0 Å². The van der Waals surface area contributed by atoms with E-state index in [-0.39, 0.29) is 59.4 Å². The Morgan fingerprint density at radius 1 is 0.797 bits per heavy atom. The monoisotopic (exact) mass is 875 g/mol.